The smallest absolute Gasteiger partial charge is 0.174 e. The van der Waals surface area contributed by atoms with Crippen LogP contribution < -0.4 is 0 Å². The van der Waals surface area contributed by atoms with Crippen LogP contribution in [-0.2, 0) is 6.42 Å². The minimum atomic E-state index is 0.501. The first kappa shape index (κ1) is 10.2. The Bertz CT molecular complexity index is 436. The van der Waals surface area contributed by atoms with E-state index in [2.05, 4.69) is 17.2 Å². The highest BCUT2D eigenvalue weighted by atomic mass is 35.5. The lowest BCUT2D eigenvalue weighted by molar-refractivity contribution is 0.745. The lowest BCUT2D eigenvalue weighted by Crippen LogP contribution is -2.01. The highest BCUT2D eigenvalue weighted by molar-refractivity contribution is 6.30. The molecule has 4 heteroatoms. The number of hydrogen-bond donors (Lipinski definition) is 0. The third-order valence-electron chi connectivity index (χ3n) is 2.20. The van der Waals surface area contributed by atoms with Gasteiger partial charge in [-0.2, -0.15) is 0 Å². The standard InChI is InChI=1S/C11H12ClN3/c1-2-6-10-11(12)13-14-15(10)9-7-4-3-5-8-9/h3-5,7-8H,2,6H2,1H3. The fraction of sp³-hybridized carbons (Fsp3) is 0.273. The fourth-order valence-corrected chi connectivity index (χ4v) is 1.71. The third kappa shape index (κ3) is 2.02. The quantitative estimate of drug-likeness (QED) is 0.798. The molecule has 15 heavy (non-hydrogen) atoms. The molecular weight excluding hydrogens is 210 g/mol. The molecule has 0 N–H and O–H groups in total. The molecule has 1 heterocycles. The monoisotopic (exact) mass is 221 g/mol. The summed E-state index contributed by atoms with van der Waals surface area (Å²) in [6, 6.07) is 9.90. The van der Waals surface area contributed by atoms with Crippen molar-refractivity contribution in [3.63, 3.8) is 0 Å². The van der Waals surface area contributed by atoms with E-state index in [0.717, 1.165) is 24.2 Å². The molecular formula is C11H12ClN3. The summed E-state index contributed by atoms with van der Waals surface area (Å²) in [5, 5.41) is 8.43. The first-order valence-electron chi connectivity index (χ1n) is 4.98. The molecule has 0 unspecified atom stereocenters. The molecule has 0 fully saturated rings. The van der Waals surface area contributed by atoms with Gasteiger partial charge in [0, 0.05) is 0 Å². The summed E-state index contributed by atoms with van der Waals surface area (Å²) in [4.78, 5) is 0. The molecule has 0 bridgehead atoms. The maximum atomic E-state index is 5.98. The van der Waals surface area contributed by atoms with Gasteiger partial charge in [0.1, 0.15) is 0 Å². The number of rotatable bonds is 3. The van der Waals surface area contributed by atoms with Crippen molar-refractivity contribution >= 4 is 11.6 Å². The van der Waals surface area contributed by atoms with Gasteiger partial charge in [-0.25, -0.2) is 4.68 Å². The van der Waals surface area contributed by atoms with Gasteiger partial charge in [0.25, 0.3) is 0 Å². The molecule has 2 rings (SSSR count). The van der Waals surface area contributed by atoms with Crippen LogP contribution in [0.1, 0.15) is 19.0 Å². The summed E-state index contributed by atoms with van der Waals surface area (Å²) in [5.74, 6) is 0. The molecule has 0 aliphatic carbocycles. The SMILES string of the molecule is CCCc1c(Cl)nnn1-c1ccccc1. The van der Waals surface area contributed by atoms with Crippen molar-refractivity contribution in [1.82, 2.24) is 15.0 Å². The lowest BCUT2D eigenvalue weighted by Gasteiger charge is -2.04. The van der Waals surface area contributed by atoms with Crippen LogP contribution in [0.4, 0.5) is 0 Å². The molecule has 0 aliphatic heterocycles. The first-order valence-corrected chi connectivity index (χ1v) is 5.36. The molecule has 1 aromatic carbocycles. The topological polar surface area (TPSA) is 30.7 Å². The summed E-state index contributed by atoms with van der Waals surface area (Å²) < 4.78 is 1.80. The largest absolute Gasteiger partial charge is 0.216 e. The summed E-state index contributed by atoms with van der Waals surface area (Å²) in [6.07, 6.45) is 1.92. The molecule has 0 radical (unpaired) electrons. The average Bonchev–Trinajstić information content (AvgIpc) is 2.63. The van der Waals surface area contributed by atoms with E-state index in [4.69, 9.17) is 11.6 Å². The molecule has 3 nitrogen and oxygen atoms in total. The van der Waals surface area contributed by atoms with Gasteiger partial charge in [-0.05, 0) is 18.6 Å². The van der Waals surface area contributed by atoms with Crippen LogP contribution >= 0.6 is 11.6 Å². The van der Waals surface area contributed by atoms with Gasteiger partial charge in [-0.1, -0.05) is 48.4 Å². The van der Waals surface area contributed by atoms with E-state index in [-0.39, 0.29) is 0 Å². The molecule has 78 valence electrons. The summed E-state index contributed by atoms with van der Waals surface area (Å²) >= 11 is 5.98. The number of hydrogen-bond acceptors (Lipinski definition) is 2. The Morgan fingerprint density at radius 3 is 2.67 bits per heavy atom. The van der Waals surface area contributed by atoms with Crippen molar-refractivity contribution in [3.05, 3.63) is 41.2 Å². The van der Waals surface area contributed by atoms with Crippen molar-refractivity contribution in [2.75, 3.05) is 0 Å². The molecule has 0 saturated heterocycles. The van der Waals surface area contributed by atoms with E-state index in [0.29, 0.717) is 5.15 Å². The van der Waals surface area contributed by atoms with Crippen molar-refractivity contribution in [2.45, 2.75) is 19.8 Å². The van der Waals surface area contributed by atoms with Gasteiger partial charge < -0.3 is 0 Å². The zero-order chi connectivity index (χ0) is 10.7. The Morgan fingerprint density at radius 1 is 1.27 bits per heavy atom. The third-order valence-corrected chi connectivity index (χ3v) is 2.50. The Kier molecular flexibility index (Phi) is 3.02. The molecule has 0 saturated carbocycles. The highest BCUT2D eigenvalue weighted by Crippen LogP contribution is 2.17. The lowest BCUT2D eigenvalue weighted by atomic mass is 10.2. The van der Waals surface area contributed by atoms with E-state index in [1.165, 1.54) is 0 Å². The second-order valence-corrected chi connectivity index (χ2v) is 3.68. The number of halogens is 1. The normalized spacial score (nSPS) is 10.5. The van der Waals surface area contributed by atoms with Gasteiger partial charge in [-0.3, -0.25) is 0 Å². The van der Waals surface area contributed by atoms with E-state index >= 15 is 0 Å². The Hall–Kier alpha value is -1.35. The van der Waals surface area contributed by atoms with Crippen molar-refractivity contribution in [1.29, 1.82) is 0 Å². The zero-order valence-corrected chi connectivity index (χ0v) is 9.28. The minimum absolute atomic E-state index is 0.501. The molecule has 0 spiro atoms. The van der Waals surface area contributed by atoms with Crippen molar-refractivity contribution < 1.29 is 0 Å². The molecule has 1 aromatic heterocycles. The van der Waals surface area contributed by atoms with Crippen molar-refractivity contribution in [2.24, 2.45) is 0 Å². The van der Waals surface area contributed by atoms with Crippen LogP contribution in [-0.4, -0.2) is 15.0 Å². The van der Waals surface area contributed by atoms with Crippen molar-refractivity contribution in [3.8, 4) is 5.69 Å². The number of aromatic nitrogens is 3. The predicted octanol–water partition coefficient (Wildman–Crippen LogP) is 2.87. The van der Waals surface area contributed by atoms with E-state index < -0.39 is 0 Å². The fourth-order valence-electron chi connectivity index (χ4n) is 1.51. The Morgan fingerprint density at radius 2 is 2.00 bits per heavy atom. The predicted molar refractivity (Wildman–Crippen MR) is 60.4 cm³/mol. The summed E-state index contributed by atoms with van der Waals surface area (Å²) in [5.41, 5.74) is 1.98. The second kappa shape index (κ2) is 4.45. The minimum Gasteiger partial charge on any atom is -0.216 e. The summed E-state index contributed by atoms with van der Waals surface area (Å²) in [7, 11) is 0. The number of nitrogens with zero attached hydrogens (tertiary/aromatic N) is 3. The molecule has 2 aromatic rings. The summed E-state index contributed by atoms with van der Waals surface area (Å²) in [6.45, 7) is 2.11. The highest BCUT2D eigenvalue weighted by Gasteiger charge is 2.10. The zero-order valence-electron chi connectivity index (χ0n) is 8.52. The van der Waals surface area contributed by atoms with Gasteiger partial charge in [0.2, 0.25) is 0 Å². The molecule has 0 amide bonds. The molecule has 0 atom stereocenters. The first-order chi connectivity index (χ1) is 7.33. The van der Waals surface area contributed by atoms with E-state index in [1.54, 1.807) is 4.68 Å². The van der Waals surface area contributed by atoms with Crippen LogP contribution in [0.3, 0.4) is 0 Å². The molecule has 0 aliphatic rings. The van der Waals surface area contributed by atoms with Crippen LogP contribution in [0, 0.1) is 0 Å². The van der Waals surface area contributed by atoms with Gasteiger partial charge in [0.05, 0.1) is 11.4 Å². The van der Waals surface area contributed by atoms with Gasteiger partial charge in [0.15, 0.2) is 5.15 Å². The van der Waals surface area contributed by atoms with Gasteiger partial charge >= 0.3 is 0 Å². The Labute approximate surface area is 93.7 Å². The maximum Gasteiger partial charge on any atom is 0.174 e. The van der Waals surface area contributed by atoms with E-state index in [9.17, 15) is 0 Å². The van der Waals surface area contributed by atoms with E-state index in [1.807, 2.05) is 30.3 Å². The Balaban J connectivity index is 2.44. The van der Waals surface area contributed by atoms with Crippen LogP contribution in [0.5, 0.6) is 0 Å². The van der Waals surface area contributed by atoms with Crippen LogP contribution in [0.25, 0.3) is 5.69 Å². The second-order valence-electron chi connectivity index (χ2n) is 3.32. The average molecular weight is 222 g/mol. The number of benzene rings is 1. The maximum absolute atomic E-state index is 5.98. The van der Waals surface area contributed by atoms with Gasteiger partial charge in [-0.15, -0.1) is 5.10 Å². The van der Waals surface area contributed by atoms with Crippen LogP contribution in [0.2, 0.25) is 5.15 Å². The van der Waals surface area contributed by atoms with Crippen LogP contribution in [0.15, 0.2) is 30.3 Å². The number of para-hydroxylation sites is 1.